The molecule has 0 radical (unpaired) electrons. The third-order valence-electron chi connectivity index (χ3n) is 2.81. The highest BCUT2D eigenvalue weighted by atomic mass is 35.5. The highest BCUT2D eigenvalue weighted by Gasteiger charge is 2.07. The summed E-state index contributed by atoms with van der Waals surface area (Å²) in [5.74, 6) is 0.806. The van der Waals surface area contributed by atoms with Crippen LogP contribution >= 0.6 is 22.9 Å². The first-order valence-electron chi connectivity index (χ1n) is 6.39. The molecule has 0 fully saturated rings. The van der Waals surface area contributed by atoms with Crippen molar-refractivity contribution in [2.75, 3.05) is 6.61 Å². The van der Waals surface area contributed by atoms with Crippen molar-refractivity contribution in [1.29, 1.82) is 0 Å². The zero-order chi connectivity index (χ0) is 13.7. The summed E-state index contributed by atoms with van der Waals surface area (Å²) >= 11 is 7.65. The summed E-state index contributed by atoms with van der Waals surface area (Å²) in [4.78, 5) is 2.73. The molecule has 1 aromatic carbocycles. The zero-order valence-corrected chi connectivity index (χ0v) is 12.5. The van der Waals surface area contributed by atoms with Crippen molar-refractivity contribution < 1.29 is 4.74 Å². The number of thiophene rings is 1. The van der Waals surface area contributed by atoms with Gasteiger partial charge in [-0.1, -0.05) is 18.5 Å². The first kappa shape index (κ1) is 14.4. The van der Waals surface area contributed by atoms with Crippen LogP contribution in [-0.4, -0.2) is 12.6 Å². The van der Waals surface area contributed by atoms with Gasteiger partial charge in [-0.15, -0.1) is 11.3 Å². The second-order valence-electron chi connectivity index (χ2n) is 4.45. The van der Waals surface area contributed by atoms with E-state index in [-0.39, 0.29) is 6.04 Å². The van der Waals surface area contributed by atoms with E-state index in [1.165, 1.54) is 9.75 Å². The van der Waals surface area contributed by atoms with E-state index in [9.17, 15) is 0 Å². The summed E-state index contributed by atoms with van der Waals surface area (Å²) in [5, 5.41) is 0.710. The summed E-state index contributed by atoms with van der Waals surface area (Å²) in [7, 11) is 0. The number of nitrogens with two attached hydrogens (primary N) is 1. The van der Waals surface area contributed by atoms with Gasteiger partial charge in [0, 0.05) is 27.2 Å². The monoisotopic (exact) mass is 295 g/mol. The molecule has 0 bridgehead atoms. The molecule has 4 heteroatoms. The largest absolute Gasteiger partial charge is 0.492 e. The van der Waals surface area contributed by atoms with Crippen LogP contribution in [0.25, 0.3) is 0 Å². The molecule has 2 nitrogen and oxygen atoms in total. The maximum Gasteiger partial charge on any atom is 0.119 e. The van der Waals surface area contributed by atoms with Crippen LogP contribution in [0.3, 0.4) is 0 Å². The average Bonchev–Trinajstić information content (AvgIpc) is 2.86. The van der Waals surface area contributed by atoms with Crippen molar-refractivity contribution >= 4 is 22.9 Å². The Hall–Kier alpha value is -1.03. The normalized spacial score (nSPS) is 12.4. The van der Waals surface area contributed by atoms with Crippen LogP contribution in [-0.2, 0) is 12.8 Å². The van der Waals surface area contributed by atoms with Gasteiger partial charge in [0.05, 0.1) is 0 Å². The molecule has 102 valence electrons. The zero-order valence-electron chi connectivity index (χ0n) is 10.9. The molecular formula is C15H18ClNOS. The Morgan fingerprint density at radius 2 is 1.84 bits per heavy atom. The lowest BCUT2D eigenvalue weighted by Crippen LogP contribution is -2.29. The number of hydrogen-bond acceptors (Lipinski definition) is 3. The van der Waals surface area contributed by atoms with Gasteiger partial charge in [-0.25, -0.2) is 0 Å². The molecule has 0 saturated carbocycles. The molecule has 2 N–H and O–H groups in total. The van der Waals surface area contributed by atoms with E-state index in [1.807, 2.05) is 35.6 Å². The minimum absolute atomic E-state index is 0.0130. The Balaban J connectivity index is 1.81. The Kier molecular flexibility index (Phi) is 5.25. The van der Waals surface area contributed by atoms with Crippen molar-refractivity contribution in [2.24, 2.45) is 5.73 Å². The van der Waals surface area contributed by atoms with Gasteiger partial charge >= 0.3 is 0 Å². The summed E-state index contributed by atoms with van der Waals surface area (Å²) in [6, 6.07) is 11.7. The first-order chi connectivity index (χ1) is 9.17. The van der Waals surface area contributed by atoms with Crippen molar-refractivity contribution in [1.82, 2.24) is 0 Å². The van der Waals surface area contributed by atoms with Gasteiger partial charge in [-0.2, -0.15) is 0 Å². The molecule has 0 aliphatic carbocycles. The highest BCUT2D eigenvalue weighted by Crippen LogP contribution is 2.19. The van der Waals surface area contributed by atoms with E-state index in [4.69, 9.17) is 22.1 Å². The lowest BCUT2D eigenvalue weighted by atomic mass is 10.2. The molecule has 1 atom stereocenters. The molecule has 0 saturated heterocycles. The summed E-state index contributed by atoms with van der Waals surface area (Å²) < 4.78 is 5.65. The predicted octanol–water partition coefficient (Wildman–Crippen LogP) is 3.91. The second kappa shape index (κ2) is 6.94. The van der Waals surface area contributed by atoms with E-state index >= 15 is 0 Å². The number of ether oxygens (including phenoxy) is 1. The van der Waals surface area contributed by atoms with Crippen molar-refractivity contribution in [3.05, 3.63) is 51.2 Å². The van der Waals surface area contributed by atoms with Gasteiger partial charge in [0.25, 0.3) is 0 Å². The Labute approximate surface area is 123 Å². The molecule has 0 spiro atoms. The lowest BCUT2D eigenvalue weighted by Gasteiger charge is -2.12. The molecule has 2 rings (SSSR count). The fourth-order valence-corrected chi connectivity index (χ4v) is 2.95. The molecule has 1 unspecified atom stereocenters. The van der Waals surface area contributed by atoms with E-state index in [1.54, 1.807) is 0 Å². The fraction of sp³-hybridized carbons (Fsp3) is 0.333. The van der Waals surface area contributed by atoms with Crippen LogP contribution in [0.4, 0.5) is 0 Å². The van der Waals surface area contributed by atoms with Gasteiger partial charge in [0.2, 0.25) is 0 Å². The van der Waals surface area contributed by atoms with Crippen LogP contribution in [0.2, 0.25) is 5.02 Å². The molecule has 19 heavy (non-hydrogen) atoms. The smallest absolute Gasteiger partial charge is 0.119 e. The SMILES string of the molecule is CCc1ccc(CC(N)COc2ccc(Cl)cc2)s1. The van der Waals surface area contributed by atoms with Crippen LogP contribution in [0, 0.1) is 0 Å². The van der Waals surface area contributed by atoms with Gasteiger partial charge in [-0.05, 0) is 42.8 Å². The fourth-order valence-electron chi connectivity index (χ4n) is 1.77. The molecular weight excluding hydrogens is 278 g/mol. The summed E-state index contributed by atoms with van der Waals surface area (Å²) in [6.07, 6.45) is 1.94. The van der Waals surface area contributed by atoms with Crippen molar-refractivity contribution in [3.63, 3.8) is 0 Å². The molecule has 0 aliphatic rings. The quantitative estimate of drug-likeness (QED) is 0.877. The number of rotatable bonds is 6. The Morgan fingerprint density at radius 1 is 1.16 bits per heavy atom. The molecule has 0 aliphatic heterocycles. The van der Waals surface area contributed by atoms with E-state index in [2.05, 4.69) is 19.1 Å². The van der Waals surface area contributed by atoms with Crippen LogP contribution in [0.5, 0.6) is 5.75 Å². The standard InChI is InChI=1S/C15H18ClNOS/c1-2-14-7-8-15(19-14)9-12(17)10-18-13-5-3-11(16)4-6-13/h3-8,12H,2,9-10,17H2,1H3. The predicted molar refractivity (Wildman–Crippen MR) is 82.3 cm³/mol. The second-order valence-corrected chi connectivity index (χ2v) is 6.14. The average molecular weight is 296 g/mol. The first-order valence-corrected chi connectivity index (χ1v) is 7.58. The van der Waals surface area contributed by atoms with Gasteiger partial charge in [-0.3, -0.25) is 0 Å². The third-order valence-corrected chi connectivity index (χ3v) is 4.31. The number of benzene rings is 1. The van der Waals surface area contributed by atoms with Gasteiger partial charge in [0.1, 0.15) is 12.4 Å². The van der Waals surface area contributed by atoms with E-state index in [0.29, 0.717) is 11.6 Å². The molecule has 2 aromatic rings. The minimum atomic E-state index is 0.0130. The Bertz CT molecular complexity index is 509. The number of hydrogen-bond donors (Lipinski definition) is 1. The van der Waals surface area contributed by atoms with Crippen molar-refractivity contribution in [3.8, 4) is 5.75 Å². The molecule has 0 amide bonds. The lowest BCUT2D eigenvalue weighted by molar-refractivity contribution is 0.288. The third kappa shape index (κ3) is 4.53. The molecule has 1 heterocycles. The van der Waals surface area contributed by atoms with Crippen LogP contribution < -0.4 is 10.5 Å². The maximum absolute atomic E-state index is 6.09. The number of halogens is 1. The van der Waals surface area contributed by atoms with Gasteiger partial charge < -0.3 is 10.5 Å². The topological polar surface area (TPSA) is 35.2 Å². The maximum atomic E-state index is 6.09. The van der Waals surface area contributed by atoms with Crippen molar-refractivity contribution in [2.45, 2.75) is 25.8 Å². The van der Waals surface area contributed by atoms with Crippen LogP contribution in [0.1, 0.15) is 16.7 Å². The summed E-state index contributed by atoms with van der Waals surface area (Å²) in [5.41, 5.74) is 6.09. The Morgan fingerprint density at radius 3 is 2.47 bits per heavy atom. The van der Waals surface area contributed by atoms with E-state index in [0.717, 1.165) is 18.6 Å². The summed E-state index contributed by atoms with van der Waals surface area (Å²) in [6.45, 7) is 2.68. The van der Waals surface area contributed by atoms with Gasteiger partial charge in [0.15, 0.2) is 0 Å². The van der Waals surface area contributed by atoms with Crippen LogP contribution in [0.15, 0.2) is 36.4 Å². The minimum Gasteiger partial charge on any atom is -0.492 e. The number of aryl methyl sites for hydroxylation is 1. The highest BCUT2D eigenvalue weighted by molar-refractivity contribution is 7.11. The molecule has 1 aromatic heterocycles. The van der Waals surface area contributed by atoms with E-state index < -0.39 is 0 Å².